The Morgan fingerprint density at radius 1 is 0.462 bits per heavy atom. The Balaban J connectivity index is 0.000000200. The quantitative estimate of drug-likeness (QED) is 0.0148. The lowest BCUT2D eigenvalue weighted by Crippen LogP contribution is -2.47. The molecule has 0 saturated carbocycles. The highest BCUT2D eigenvalue weighted by Gasteiger charge is 2.52. The van der Waals surface area contributed by atoms with E-state index in [2.05, 4.69) is 212 Å². The van der Waals surface area contributed by atoms with Crippen LogP contribution in [-0.4, -0.2) is 96.0 Å². The number of ether oxygens (including phenoxy) is 1. The van der Waals surface area contributed by atoms with Crippen LogP contribution in [0.4, 0.5) is 8.78 Å². The Labute approximate surface area is 610 Å². The minimum absolute atomic E-state index is 0.0582. The lowest BCUT2D eigenvalue weighted by molar-refractivity contribution is -0.141. The van der Waals surface area contributed by atoms with E-state index >= 15 is 0 Å². The van der Waals surface area contributed by atoms with Gasteiger partial charge in [0.2, 0.25) is 5.91 Å². The molecular weight excluding hydrogens is 1310 g/mol. The molecule has 10 aromatic rings. The van der Waals surface area contributed by atoms with Gasteiger partial charge in [-0.1, -0.05) is 244 Å². The summed E-state index contributed by atoms with van der Waals surface area (Å²) in [5.41, 5.74) is 9.49. The van der Waals surface area contributed by atoms with Crippen LogP contribution in [0.15, 0.2) is 231 Å². The van der Waals surface area contributed by atoms with Gasteiger partial charge in [0.1, 0.15) is 24.7 Å². The number of benzene rings is 8. The zero-order valence-electron chi connectivity index (χ0n) is 61.0. The van der Waals surface area contributed by atoms with Crippen molar-refractivity contribution in [3.05, 3.63) is 298 Å². The number of hydrogen-bond acceptors (Lipinski definition) is 16. The Kier molecular flexibility index (Phi) is 26.2. The molecule has 19 nitrogen and oxygen atoms in total. The minimum atomic E-state index is -0.802. The Morgan fingerprint density at radius 2 is 0.769 bits per heavy atom. The van der Waals surface area contributed by atoms with Gasteiger partial charge in [0.25, 0.3) is 0 Å². The summed E-state index contributed by atoms with van der Waals surface area (Å²) in [6.45, 7) is 16.7. The highest BCUT2D eigenvalue weighted by Crippen LogP contribution is 2.44. The van der Waals surface area contributed by atoms with Gasteiger partial charge in [-0.25, -0.2) is 18.1 Å². The number of aromatic nitrogens is 8. The summed E-state index contributed by atoms with van der Waals surface area (Å²) in [6, 6.07) is 74.4. The van der Waals surface area contributed by atoms with Crippen LogP contribution in [0, 0.1) is 11.6 Å². The van der Waals surface area contributed by atoms with E-state index < -0.39 is 34.3 Å². The third kappa shape index (κ3) is 18.7. The molecule has 0 spiro atoms. The summed E-state index contributed by atoms with van der Waals surface area (Å²) in [4.78, 5) is 25.6. The van der Waals surface area contributed by atoms with Crippen LogP contribution < -0.4 is 21.7 Å². The second-order valence-corrected chi connectivity index (χ2v) is 28.2. The molecule has 0 radical (unpaired) electrons. The predicted molar refractivity (Wildman–Crippen MR) is 400 cm³/mol. The molecule has 0 aliphatic carbocycles. The van der Waals surface area contributed by atoms with Crippen molar-refractivity contribution in [3.8, 4) is 0 Å². The molecule has 2 saturated heterocycles. The number of carbonyl (C=O) groups excluding carboxylic acids is 2. The van der Waals surface area contributed by atoms with Crippen LogP contribution in [-0.2, 0) is 70.2 Å². The predicted octanol–water partition coefficient (Wildman–Crippen LogP) is 14.0. The minimum Gasteiger partial charge on any atom is -0.468 e. The van der Waals surface area contributed by atoms with Gasteiger partial charge in [0, 0.05) is 24.2 Å². The molecule has 12 rings (SSSR count). The lowest BCUT2D eigenvalue weighted by Gasteiger charge is -2.40. The number of tetrazole rings is 2. The average molecular weight is 1410 g/mol. The van der Waals surface area contributed by atoms with E-state index in [1.165, 1.54) is 28.6 Å². The Hall–Kier alpha value is -9.45. The van der Waals surface area contributed by atoms with Crippen LogP contribution in [0.25, 0.3) is 0 Å². The first-order valence-corrected chi connectivity index (χ1v) is 35.7. The van der Waals surface area contributed by atoms with Crippen LogP contribution in [0.1, 0.15) is 162 Å². The first-order valence-electron chi connectivity index (χ1n) is 35.7. The van der Waals surface area contributed by atoms with Crippen molar-refractivity contribution < 1.29 is 41.7 Å². The molecule has 542 valence electrons. The number of halogens is 2. The number of esters is 1. The average Bonchev–Trinajstić information content (AvgIpc) is 1.02. The zero-order chi connectivity index (χ0) is 73.8. The van der Waals surface area contributed by atoms with Gasteiger partial charge >= 0.3 is 20.2 Å². The summed E-state index contributed by atoms with van der Waals surface area (Å²) in [7, 11) is 0.818. The molecule has 23 heteroatoms. The molecule has 2 aliphatic rings. The molecule has 2 aromatic heterocycles. The normalized spacial score (nSPS) is 15.6. The van der Waals surface area contributed by atoms with Gasteiger partial charge in [-0.05, 0) is 147 Å². The van der Waals surface area contributed by atoms with Gasteiger partial charge in [-0.3, -0.25) is 20.2 Å². The van der Waals surface area contributed by atoms with E-state index in [1.807, 2.05) is 72.8 Å². The van der Waals surface area contributed by atoms with Crippen molar-refractivity contribution in [2.75, 3.05) is 7.11 Å². The summed E-state index contributed by atoms with van der Waals surface area (Å²) < 4.78 is 59.9. The SMILES string of the molecule is CC1(C)OB(CCCCC(NC(c2ccccc2)(c2ccccc2)c2ccccc2)c2nnnn2CC(=O)NCc2ccccc2F)OC1(C)C.COC(=O)Cn1nnnc1C(CCCCB1OC(C)(C)C(C)(C)O1)NC(c1ccccc1)(c1ccccc1)c1ccccc1.NCc1ccccc1F. The maximum absolute atomic E-state index is 14.3. The monoisotopic (exact) mass is 1410 g/mol. The summed E-state index contributed by atoms with van der Waals surface area (Å²) in [6.07, 6.45) is 6.25. The fourth-order valence-electron chi connectivity index (χ4n) is 13.2. The summed E-state index contributed by atoms with van der Waals surface area (Å²) in [5, 5.41) is 36.3. The van der Waals surface area contributed by atoms with Crippen LogP contribution in [0.5, 0.6) is 0 Å². The summed E-state index contributed by atoms with van der Waals surface area (Å²) in [5.74, 6) is -0.243. The topological polar surface area (TPSA) is 230 Å². The van der Waals surface area contributed by atoms with Crippen molar-refractivity contribution in [1.29, 1.82) is 0 Å². The van der Waals surface area contributed by atoms with Crippen LogP contribution >= 0.6 is 0 Å². The first kappa shape index (κ1) is 77.2. The van der Waals surface area contributed by atoms with E-state index in [4.69, 9.17) is 29.1 Å². The largest absolute Gasteiger partial charge is 0.468 e. The number of unbranched alkanes of at least 4 members (excludes halogenated alkanes) is 2. The van der Waals surface area contributed by atoms with E-state index in [0.717, 1.165) is 71.7 Å². The molecule has 2 atom stereocenters. The molecule has 2 aliphatic heterocycles. The third-order valence-electron chi connectivity index (χ3n) is 20.1. The fourth-order valence-corrected chi connectivity index (χ4v) is 13.2. The standard InChI is InChI=1S/C40H46BFN6O3.C34H42BN5O4.C7H8FN/c1-38(2)39(3,4)51-41(50-38)27-17-16-26-35(37-45-46-47-48(37)29-36(49)43-28-30-18-14-15-25-34(30)42)44-40(31-19-8-5-9-20-31,32-21-10-6-11-22-32)33-23-12-7-13-24-33;1-32(2)33(3,4)44-35(43-32)24-16-15-23-29(31-37-38-39-40(31)25-30(41)42-5)36-34(26-17-9-6-10-18-26,27-19-11-7-12-20-27)28-21-13-8-14-22-28;8-7-4-2-1-3-6(7)5-9/h5-15,18-25,35,44H,16-17,26-29H2,1-4H3,(H,43,49);6-14,17-22,29,36H,15-16,23-25H2,1-5H3;1-4H,5,9H2. The molecule has 5 N–H and O–H groups in total. The molecular formula is C81H96B2F2N12O7. The summed E-state index contributed by atoms with van der Waals surface area (Å²) >= 11 is 0. The second-order valence-electron chi connectivity index (χ2n) is 28.2. The molecule has 2 unspecified atom stereocenters. The highest BCUT2D eigenvalue weighted by molar-refractivity contribution is 6.45. The smallest absolute Gasteiger partial charge is 0.457 e. The number of nitrogens with one attached hydrogen (secondary N) is 3. The number of carbonyl (C=O) groups is 2. The number of amides is 1. The lowest BCUT2D eigenvalue weighted by atomic mass is 9.76. The number of methoxy groups -OCH3 is 1. The van der Waals surface area contributed by atoms with Crippen LogP contribution in [0.3, 0.4) is 0 Å². The first-order chi connectivity index (χ1) is 50.1. The van der Waals surface area contributed by atoms with E-state index in [0.29, 0.717) is 35.6 Å². The number of hydrogen-bond donors (Lipinski definition) is 4. The molecule has 0 bridgehead atoms. The van der Waals surface area contributed by atoms with Gasteiger partial charge in [-0.2, -0.15) is 0 Å². The van der Waals surface area contributed by atoms with E-state index in [9.17, 15) is 18.4 Å². The van der Waals surface area contributed by atoms with E-state index in [-0.39, 0.29) is 75.2 Å². The molecule has 8 aromatic carbocycles. The second kappa shape index (κ2) is 35.4. The number of nitrogens with two attached hydrogens (primary N) is 1. The highest BCUT2D eigenvalue weighted by atomic mass is 19.1. The van der Waals surface area contributed by atoms with Crippen molar-refractivity contribution >= 4 is 26.1 Å². The maximum atomic E-state index is 14.3. The maximum Gasteiger partial charge on any atom is 0.457 e. The number of rotatable bonds is 29. The molecule has 4 heterocycles. The van der Waals surface area contributed by atoms with Crippen molar-refractivity contribution in [3.63, 3.8) is 0 Å². The Morgan fingerprint density at radius 3 is 1.08 bits per heavy atom. The van der Waals surface area contributed by atoms with Gasteiger partial charge < -0.3 is 34.4 Å². The van der Waals surface area contributed by atoms with Gasteiger partial charge in [0.15, 0.2) is 11.6 Å². The van der Waals surface area contributed by atoms with Gasteiger partial charge in [0.05, 0.1) is 52.7 Å². The molecule has 2 fully saturated rings. The number of nitrogens with zero attached hydrogens (tertiary/aromatic N) is 8. The van der Waals surface area contributed by atoms with Crippen molar-refractivity contribution in [1.82, 2.24) is 56.4 Å². The molecule has 104 heavy (non-hydrogen) atoms. The van der Waals surface area contributed by atoms with Crippen molar-refractivity contribution in [2.45, 2.75) is 178 Å². The van der Waals surface area contributed by atoms with Gasteiger partial charge in [-0.15, -0.1) is 10.2 Å². The van der Waals surface area contributed by atoms with E-state index in [1.54, 1.807) is 36.4 Å². The van der Waals surface area contributed by atoms with Crippen molar-refractivity contribution in [2.24, 2.45) is 5.73 Å². The van der Waals surface area contributed by atoms with Crippen LogP contribution in [0.2, 0.25) is 12.6 Å². The zero-order valence-corrected chi connectivity index (χ0v) is 61.0. The third-order valence-corrected chi connectivity index (χ3v) is 20.1. The molecule has 1 amide bonds. The Bertz CT molecular complexity index is 4070. The fraction of sp³-hybridized carbons (Fsp3) is 0.358.